The van der Waals surface area contributed by atoms with E-state index < -0.39 is 23.9 Å². The molecule has 1 aliphatic heterocycles. The third-order valence-corrected chi connectivity index (χ3v) is 5.31. The van der Waals surface area contributed by atoms with E-state index in [0.29, 0.717) is 5.69 Å². The largest absolute Gasteiger partial charge is 0.452 e. The first-order chi connectivity index (χ1) is 13.8. The lowest BCUT2D eigenvalue weighted by atomic mass is 10.1. The van der Waals surface area contributed by atoms with Crippen molar-refractivity contribution in [2.45, 2.75) is 33.3 Å². The number of pyridine rings is 1. The number of carbonyl (C=O) groups is 3. The molecule has 0 spiro atoms. The molecule has 2 aromatic rings. The number of rotatable bonds is 5. The topological polar surface area (TPSA) is 88.6 Å². The zero-order chi connectivity index (χ0) is 21.1. The standard InChI is InChI=1S/C21H22ClN3O4/c1-12-6-4-8-17(13(12)2)25-11-15(10-18(25)26)21(28)29-14(3)20(27)24-16-7-5-9-23-19(16)22/h4-9,14-15H,10-11H2,1-3H3,(H,24,27)/t14-,15+/m0/s1. The van der Waals surface area contributed by atoms with Crippen molar-refractivity contribution in [2.75, 3.05) is 16.8 Å². The average molecular weight is 416 g/mol. The fraction of sp³-hybridized carbons (Fsp3) is 0.333. The average Bonchev–Trinajstić information content (AvgIpc) is 3.07. The summed E-state index contributed by atoms with van der Waals surface area (Å²) in [4.78, 5) is 42.8. The van der Waals surface area contributed by atoms with Crippen LogP contribution < -0.4 is 10.2 Å². The van der Waals surface area contributed by atoms with Crippen LogP contribution in [0.15, 0.2) is 36.5 Å². The number of hydrogen-bond acceptors (Lipinski definition) is 5. The number of nitrogens with one attached hydrogen (secondary N) is 1. The predicted molar refractivity (Wildman–Crippen MR) is 110 cm³/mol. The van der Waals surface area contributed by atoms with Gasteiger partial charge in [-0.3, -0.25) is 14.4 Å². The number of ether oxygens (including phenoxy) is 1. The number of anilines is 2. The first-order valence-corrected chi connectivity index (χ1v) is 9.64. The van der Waals surface area contributed by atoms with Gasteiger partial charge in [-0.2, -0.15) is 0 Å². The van der Waals surface area contributed by atoms with Crippen LogP contribution in [0.1, 0.15) is 24.5 Å². The van der Waals surface area contributed by atoms with Crippen LogP contribution in [0.3, 0.4) is 0 Å². The quantitative estimate of drug-likeness (QED) is 0.598. The third-order valence-electron chi connectivity index (χ3n) is 5.00. The van der Waals surface area contributed by atoms with E-state index >= 15 is 0 Å². The number of amides is 2. The molecule has 0 saturated carbocycles. The van der Waals surface area contributed by atoms with Gasteiger partial charge in [-0.15, -0.1) is 0 Å². The second-order valence-electron chi connectivity index (χ2n) is 7.03. The Kier molecular flexibility index (Phi) is 6.17. The number of carbonyl (C=O) groups excluding carboxylic acids is 3. The predicted octanol–water partition coefficient (Wildman–Crippen LogP) is 3.28. The third kappa shape index (κ3) is 4.56. The first kappa shape index (κ1) is 20.8. The molecule has 2 atom stereocenters. The minimum atomic E-state index is -1.04. The summed E-state index contributed by atoms with van der Waals surface area (Å²) in [6.07, 6.45) is 0.513. The van der Waals surface area contributed by atoms with Gasteiger partial charge in [-0.05, 0) is 50.1 Å². The van der Waals surface area contributed by atoms with Crippen molar-refractivity contribution < 1.29 is 19.1 Å². The lowest BCUT2D eigenvalue weighted by Crippen LogP contribution is -2.33. The smallest absolute Gasteiger partial charge is 0.312 e. The van der Waals surface area contributed by atoms with Crippen LogP contribution in [0.4, 0.5) is 11.4 Å². The summed E-state index contributed by atoms with van der Waals surface area (Å²) in [5.41, 5.74) is 3.19. The highest BCUT2D eigenvalue weighted by Crippen LogP contribution is 2.30. The Labute approximate surface area is 174 Å². The molecule has 0 bridgehead atoms. The van der Waals surface area contributed by atoms with Gasteiger partial charge in [0.05, 0.1) is 11.6 Å². The summed E-state index contributed by atoms with van der Waals surface area (Å²) >= 11 is 5.92. The highest BCUT2D eigenvalue weighted by atomic mass is 35.5. The lowest BCUT2D eigenvalue weighted by Gasteiger charge is -2.20. The Morgan fingerprint density at radius 2 is 2.03 bits per heavy atom. The van der Waals surface area contributed by atoms with Gasteiger partial charge in [0, 0.05) is 24.8 Å². The maximum absolute atomic E-state index is 12.5. The molecule has 1 saturated heterocycles. The molecule has 3 rings (SSSR count). The maximum Gasteiger partial charge on any atom is 0.312 e. The van der Waals surface area contributed by atoms with E-state index in [9.17, 15) is 14.4 Å². The van der Waals surface area contributed by atoms with E-state index in [2.05, 4.69) is 10.3 Å². The van der Waals surface area contributed by atoms with E-state index in [0.717, 1.165) is 16.8 Å². The molecule has 1 aromatic heterocycles. The number of aryl methyl sites for hydroxylation is 1. The van der Waals surface area contributed by atoms with E-state index in [-0.39, 0.29) is 24.0 Å². The van der Waals surface area contributed by atoms with Crippen LogP contribution in [0.25, 0.3) is 0 Å². The van der Waals surface area contributed by atoms with Crippen molar-refractivity contribution >= 4 is 40.8 Å². The van der Waals surface area contributed by atoms with Crippen LogP contribution in [0.2, 0.25) is 5.15 Å². The summed E-state index contributed by atoms with van der Waals surface area (Å²) in [5, 5.41) is 2.72. The normalized spacial score (nSPS) is 17.2. The Bertz CT molecular complexity index is 963. The fourth-order valence-corrected chi connectivity index (χ4v) is 3.33. The second-order valence-corrected chi connectivity index (χ2v) is 7.39. The zero-order valence-electron chi connectivity index (χ0n) is 16.4. The number of hydrogen-bond donors (Lipinski definition) is 1. The van der Waals surface area contributed by atoms with Gasteiger partial charge in [-0.1, -0.05) is 23.7 Å². The molecule has 29 heavy (non-hydrogen) atoms. The Morgan fingerprint density at radius 3 is 2.76 bits per heavy atom. The van der Waals surface area contributed by atoms with Gasteiger partial charge in [0.25, 0.3) is 5.91 Å². The first-order valence-electron chi connectivity index (χ1n) is 9.26. The maximum atomic E-state index is 12.5. The lowest BCUT2D eigenvalue weighted by molar-refractivity contribution is -0.157. The SMILES string of the molecule is Cc1cccc(N2C[C@H](C(=O)O[C@@H](C)C(=O)Nc3cccnc3Cl)CC2=O)c1C. The molecule has 0 aliphatic carbocycles. The Hall–Kier alpha value is -2.93. The van der Waals surface area contributed by atoms with E-state index in [1.807, 2.05) is 32.0 Å². The zero-order valence-corrected chi connectivity index (χ0v) is 17.2. The summed E-state index contributed by atoms with van der Waals surface area (Å²) in [5.74, 6) is -1.87. The van der Waals surface area contributed by atoms with Crippen LogP contribution in [-0.4, -0.2) is 35.4 Å². The molecule has 7 nitrogen and oxygen atoms in total. The molecule has 0 radical (unpaired) electrons. The molecule has 1 aliphatic rings. The summed E-state index contributed by atoms with van der Waals surface area (Å²) in [6, 6.07) is 8.94. The molecule has 2 amide bonds. The second kappa shape index (κ2) is 8.61. The molecule has 1 N–H and O–H groups in total. The number of esters is 1. The van der Waals surface area contributed by atoms with Crippen LogP contribution in [0.5, 0.6) is 0 Å². The Morgan fingerprint density at radius 1 is 1.28 bits per heavy atom. The van der Waals surface area contributed by atoms with Crippen molar-refractivity contribution in [1.29, 1.82) is 0 Å². The monoisotopic (exact) mass is 415 g/mol. The van der Waals surface area contributed by atoms with Gasteiger partial charge >= 0.3 is 5.97 Å². The summed E-state index contributed by atoms with van der Waals surface area (Å²) < 4.78 is 5.30. The van der Waals surface area contributed by atoms with Crippen molar-refractivity contribution in [3.05, 3.63) is 52.8 Å². The van der Waals surface area contributed by atoms with Gasteiger partial charge in [-0.25, -0.2) is 4.98 Å². The van der Waals surface area contributed by atoms with Gasteiger partial charge in [0.1, 0.15) is 0 Å². The van der Waals surface area contributed by atoms with Gasteiger partial charge in [0.15, 0.2) is 11.3 Å². The van der Waals surface area contributed by atoms with Crippen LogP contribution in [-0.2, 0) is 19.1 Å². The molecular weight excluding hydrogens is 394 g/mol. The fourth-order valence-electron chi connectivity index (χ4n) is 3.16. The van der Waals surface area contributed by atoms with Crippen molar-refractivity contribution in [3.8, 4) is 0 Å². The van der Waals surface area contributed by atoms with Crippen LogP contribution >= 0.6 is 11.6 Å². The molecular formula is C21H22ClN3O4. The highest BCUT2D eigenvalue weighted by molar-refractivity contribution is 6.32. The number of halogens is 1. The molecule has 2 heterocycles. The highest BCUT2D eigenvalue weighted by Gasteiger charge is 2.37. The molecule has 0 unspecified atom stereocenters. The van der Waals surface area contributed by atoms with Crippen LogP contribution in [0, 0.1) is 19.8 Å². The Balaban J connectivity index is 1.62. The summed E-state index contributed by atoms with van der Waals surface area (Å²) in [6.45, 7) is 5.61. The van der Waals surface area contributed by atoms with E-state index in [1.54, 1.807) is 17.0 Å². The number of nitrogens with zero attached hydrogens (tertiary/aromatic N) is 2. The number of aromatic nitrogens is 1. The number of benzene rings is 1. The van der Waals surface area contributed by atoms with E-state index in [1.165, 1.54) is 13.1 Å². The summed E-state index contributed by atoms with van der Waals surface area (Å²) in [7, 11) is 0. The van der Waals surface area contributed by atoms with Crippen molar-refractivity contribution in [3.63, 3.8) is 0 Å². The van der Waals surface area contributed by atoms with Crippen molar-refractivity contribution in [2.24, 2.45) is 5.92 Å². The molecule has 1 fully saturated rings. The minimum Gasteiger partial charge on any atom is -0.452 e. The van der Waals surface area contributed by atoms with Crippen molar-refractivity contribution in [1.82, 2.24) is 4.98 Å². The molecule has 1 aromatic carbocycles. The minimum absolute atomic E-state index is 0.0506. The molecule has 152 valence electrons. The van der Waals surface area contributed by atoms with Gasteiger partial charge in [0.2, 0.25) is 5.91 Å². The van der Waals surface area contributed by atoms with Gasteiger partial charge < -0.3 is 15.0 Å². The van der Waals surface area contributed by atoms with E-state index in [4.69, 9.17) is 16.3 Å². The molecule has 8 heteroatoms.